The predicted molar refractivity (Wildman–Crippen MR) is 81.7 cm³/mol. The summed E-state index contributed by atoms with van der Waals surface area (Å²) in [5.74, 6) is 0. The Bertz CT molecular complexity index is 451. The molecule has 0 radical (unpaired) electrons. The fraction of sp³-hybridized carbons (Fsp3) is 0.562. The van der Waals surface area contributed by atoms with E-state index in [9.17, 15) is 4.79 Å². The zero-order valence-corrected chi connectivity index (χ0v) is 12.7. The molecule has 0 spiro atoms. The molecule has 1 saturated heterocycles. The first kappa shape index (κ1) is 14.9. The van der Waals surface area contributed by atoms with Crippen LogP contribution in [0.1, 0.15) is 25.0 Å². The molecule has 2 rings (SSSR count). The van der Waals surface area contributed by atoms with Gasteiger partial charge in [-0.2, -0.15) is 0 Å². The molecule has 1 aromatic carbocycles. The molecule has 4 nitrogen and oxygen atoms in total. The van der Waals surface area contributed by atoms with Crippen LogP contribution in [-0.4, -0.2) is 48.1 Å². The Morgan fingerprint density at radius 3 is 2.45 bits per heavy atom. The Labute approximate surface area is 121 Å². The number of piperazine rings is 1. The van der Waals surface area contributed by atoms with Gasteiger partial charge in [0.15, 0.2) is 0 Å². The van der Waals surface area contributed by atoms with Gasteiger partial charge in [0.2, 0.25) is 0 Å². The SMILES string of the molecule is Cc1ccccc1CN1CCN(C(=O)NC(C)C)CC1. The highest BCUT2D eigenvalue weighted by atomic mass is 16.2. The molecule has 1 aliphatic rings. The van der Waals surface area contributed by atoms with Crippen molar-refractivity contribution < 1.29 is 4.79 Å². The van der Waals surface area contributed by atoms with Gasteiger partial charge in [-0.1, -0.05) is 24.3 Å². The van der Waals surface area contributed by atoms with Gasteiger partial charge in [-0.3, -0.25) is 4.90 Å². The number of aryl methyl sites for hydroxylation is 1. The van der Waals surface area contributed by atoms with Crippen LogP contribution in [0, 0.1) is 6.92 Å². The average Bonchev–Trinajstić information content (AvgIpc) is 2.41. The number of rotatable bonds is 3. The molecule has 1 N–H and O–H groups in total. The first-order valence-corrected chi connectivity index (χ1v) is 7.38. The monoisotopic (exact) mass is 275 g/mol. The Kier molecular flexibility index (Phi) is 5.01. The summed E-state index contributed by atoms with van der Waals surface area (Å²) in [5, 5.41) is 2.95. The van der Waals surface area contributed by atoms with E-state index in [2.05, 4.69) is 41.4 Å². The van der Waals surface area contributed by atoms with Crippen LogP contribution in [0.4, 0.5) is 4.79 Å². The van der Waals surface area contributed by atoms with E-state index in [0.29, 0.717) is 0 Å². The minimum absolute atomic E-state index is 0.0653. The second-order valence-electron chi connectivity index (χ2n) is 5.79. The van der Waals surface area contributed by atoms with Crippen LogP contribution >= 0.6 is 0 Å². The lowest BCUT2D eigenvalue weighted by atomic mass is 10.1. The topological polar surface area (TPSA) is 35.6 Å². The number of benzene rings is 1. The summed E-state index contributed by atoms with van der Waals surface area (Å²) in [7, 11) is 0. The van der Waals surface area contributed by atoms with Gasteiger partial charge in [-0.15, -0.1) is 0 Å². The molecular formula is C16H25N3O. The quantitative estimate of drug-likeness (QED) is 0.918. The summed E-state index contributed by atoms with van der Waals surface area (Å²) in [6, 6.07) is 8.78. The molecule has 0 saturated carbocycles. The zero-order valence-electron chi connectivity index (χ0n) is 12.7. The molecule has 0 atom stereocenters. The second kappa shape index (κ2) is 6.75. The van der Waals surface area contributed by atoms with Crippen LogP contribution in [0.15, 0.2) is 24.3 Å². The molecule has 2 amide bonds. The van der Waals surface area contributed by atoms with Crippen LogP contribution < -0.4 is 5.32 Å². The molecule has 110 valence electrons. The molecule has 0 aromatic heterocycles. The van der Waals surface area contributed by atoms with Gasteiger partial charge >= 0.3 is 6.03 Å². The van der Waals surface area contributed by atoms with Crippen molar-refractivity contribution in [1.29, 1.82) is 0 Å². The molecule has 20 heavy (non-hydrogen) atoms. The lowest BCUT2D eigenvalue weighted by Gasteiger charge is -2.35. The Morgan fingerprint density at radius 1 is 1.20 bits per heavy atom. The summed E-state index contributed by atoms with van der Waals surface area (Å²) in [6.45, 7) is 10.6. The third kappa shape index (κ3) is 3.97. The molecule has 1 aromatic rings. The van der Waals surface area contributed by atoms with Gasteiger partial charge in [0.05, 0.1) is 0 Å². The molecule has 0 aliphatic carbocycles. The van der Waals surface area contributed by atoms with Crippen LogP contribution in [-0.2, 0) is 6.54 Å². The Hall–Kier alpha value is -1.55. The van der Waals surface area contributed by atoms with Crippen LogP contribution in [0.2, 0.25) is 0 Å². The van der Waals surface area contributed by atoms with Crippen molar-refractivity contribution in [1.82, 2.24) is 15.1 Å². The van der Waals surface area contributed by atoms with Crippen molar-refractivity contribution >= 4 is 6.03 Å². The van der Waals surface area contributed by atoms with Crippen LogP contribution in [0.25, 0.3) is 0 Å². The summed E-state index contributed by atoms with van der Waals surface area (Å²) in [4.78, 5) is 16.3. The lowest BCUT2D eigenvalue weighted by Crippen LogP contribution is -2.52. The molecule has 4 heteroatoms. The maximum absolute atomic E-state index is 11.9. The smallest absolute Gasteiger partial charge is 0.317 e. The number of carbonyl (C=O) groups excluding carboxylic acids is 1. The van der Waals surface area contributed by atoms with Crippen molar-refractivity contribution in [2.45, 2.75) is 33.4 Å². The maximum Gasteiger partial charge on any atom is 0.317 e. The lowest BCUT2D eigenvalue weighted by molar-refractivity contribution is 0.134. The van der Waals surface area contributed by atoms with E-state index in [1.165, 1.54) is 11.1 Å². The second-order valence-corrected chi connectivity index (χ2v) is 5.79. The van der Waals surface area contributed by atoms with E-state index >= 15 is 0 Å². The molecular weight excluding hydrogens is 250 g/mol. The Balaban J connectivity index is 1.83. The normalized spacial score (nSPS) is 16.5. The van der Waals surface area contributed by atoms with Gasteiger partial charge in [0.1, 0.15) is 0 Å². The number of nitrogens with zero attached hydrogens (tertiary/aromatic N) is 2. The largest absolute Gasteiger partial charge is 0.336 e. The van der Waals surface area contributed by atoms with Gasteiger partial charge in [0, 0.05) is 38.8 Å². The summed E-state index contributed by atoms with van der Waals surface area (Å²) in [6.07, 6.45) is 0. The molecule has 1 aliphatic heterocycles. The van der Waals surface area contributed by atoms with Gasteiger partial charge in [-0.05, 0) is 31.9 Å². The highest BCUT2D eigenvalue weighted by Crippen LogP contribution is 2.12. The van der Waals surface area contributed by atoms with E-state index in [0.717, 1.165) is 32.7 Å². The number of nitrogens with one attached hydrogen (secondary N) is 1. The average molecular weight is 275 g/mol. The van der Waals surface area contributed by atoms with E-state index < -0.39 is 0 Å². The van der Waals surface area contributed by atoms with Crippen molar-refractivity contribution in [3.8, 4) is 0 Å². The summed E-state index contributed by atoms with van der Waals surface area (Å²) >= 11 is 0. The third-order valence-corrected chi connectivity index (χ3v) is 3.73. The van der Waals surface area contributed by atoms with E-state index in [4.69, 9.17) is 0 Å². The van der Waals surface area contributed by atoms with E-state index in [1.54, 1.807) is 0 Å². The molecule has 0 unspecified atom stereocenters. The fourth-order valence-electron chi connectivity index (χ4n) is 2.48. The van der Waals surface area contributed by atoms with Crippen LogP contribution in [0.5, 0.6) is 0 Å². The molecule has 1 heterocycles. The number of hydrogen-bond acceptors (Lipinski definition) is 2. The number of amides is 2. The van der Waals surface area contributed by atoms with Gasteiger partial charge in [-0.25, -0.2) is 4.79 Å². The van der Waals surface area contributed by atoms with Crippen LogP contribution in [0.3, 0.4) is 0 Å². The summed E-state index contributed by atoms with van der Waals surface area (Å²) in [5.41, 5.74) is 2.72. The summed E-state index contributed by atoms with van der Waals surface area (Å²) < 4.78 is 0. The predicted octanol–water partition coefficient (Wildman–Crippen LogP) is 2.23. The first-order chi connectivity index (χ1) is 9.56. The van der Waals surface area contributed by atoms with E-state index in [1.807, 2.05) is 18.7 Å². The minimum Gasteiger partial charge on any atom is -0.336 e. The number of urea groups is 1. The zero-order chi connectivity index (χ0) is 14.5. The maximum atomic E-state index is 11.9. The molecule has 0 bridgehead atoms. The first-order valence-electron chi connectivity index (χ1n) is 7.38. The highest BCUT2D eigenvalue weighted by Gasteiger charge is 2.21. The van der Waals surface area contributed by atoms with Gasteiger partial charge < -0.3 is 10.2 Å². The van der Waals surface area contributed by atoms with Crippen molar-refractivity contribution in [3.63, 3.8) is 0 Å². The Morgan fingerprint density at radius 2 is 1.85 bits per heavy atom. The fourth-order valence-corrected chi connectivity index (χ4v) is 2.48. The van der Waals surface area contributed by atoms with Crippen molar-refractivity contribution in [2.24, 2.45) is 0 Å². The van der Waals surface area contributed by atoms with Gasteiger partial charge in [0.25, 0.3) is 0 Å². The van der Waals surface area contributed by atoms with E-state index in [-0.39, 0.29) is 12.1 Å². The third-order valence-electron chi connectivity index (χ3n) is 3.73. The molecule has 1 fully saturated rings. The van der Waals surface area contributed by atoms with Crippen molar-refractivity contribution in [2.75, 3.05) is 26.2 Å². The number of hydrogen-bond donors (Lipinski definition) is 1. The minimum atomic E-state index is 0.0653. The highest BCUT2D eigenvalue weighted by molar-refractivity contribution is 5.74. The van der Waals surface area contributed by atoms with Crippen molar-refractivity contribution in [3.05, 3.63) is 35.4 Å². The standard InChI is InChI=1S/C16H25N3O/c1-13(2)17-16(20)19-10-8-18(9-11-19)12-15-7-5-4-6-14(15)3/h4-7,13H,8-12H2,1-3H3,(H,17,20). The number of carbonyl (C=O) groups is 1.